The van der Waals surface area contributed by atoms with Gasteiger partial charge in [-0.25, -0.2) is 0 Å². The summed E-state index contributed by atoms with van der Waals surface area (Å²) in [5, 5.41) is 4.19. The Hall–Kier alpha value is -3.79. The lowest BCUT2D eigenvalue weighted by molar-refractivity contribution is -0.116. The lowest BCUT2D eigenvalue weighted by Crippen LogP contribution is -2.27. The normalized spacial score (nSPS) is 11.7. The van der Waals surface area contributed by atoms with Gasteiger partial charge in [0.2, 0.25) is 5.91 Å². The van der Waals surface area contributed by atoms with Crippen LogP contribution in [0.2, 0.25) is 0 Å². The first kappa shape index (κ1) is 21.4. The van der Waals surface area contributed by atoms with Crippen LogP contribution in [0.4, 0.5) is 0 Å². The number of furan rings is 1. The van der Waals surface area contributed by atoms with Gasteiger partial charge in [0.15, 0.2) is 0 Å². The molecule has 0 unspecified atom stereocenters. The smallest absolute Gasteiger partial charge is 0.245 e. The third-order valence-electron chi connectivity index (χ3n) is 5.82. The number of fused-ring (bicyclic) bond motifs is 1. The molecule has 1 amide bonds. The minimum Gasteiger partial charge on any atom is -0.496 e. The number of hydrogen-bond acceptors (Lipinski definition) is 3. The summed E-state index contributed by atoms with van der Waals surface area (Å²) in [6, 6.07) is 23.6. The van der Waals surface area contributed by atoms with Crippen molar-refractivity contribution in [3.05, 3.63) is 107 Å². The molecule has 1 N–H and O–H groups in total. The highest BCUT2D eigenvalue weighted by atomic mass is 16.5. The van der Waals surface area contributed by atoms with Gasteiger partial charge in [-0.1, -0.05) is 60.7 Å². The molecule has 1 aromatic heterocycles. The molecule has 0 radical (unpaired) electrons. The van der Waals surface area contributed by atoms with Gasteiger partial charge in [0, 0.05) is 23.1 Å². The molecular weight excluding hydrogens is 398 g/mol. The molecule has 0 fully saturated rings. The van der Waals surface area contributed by atoms with Crippen LogP contribution < -0.4 is 10.1 Å². The summed E-state index contributed by atoms with van der Waals surface area (Å²) in [7, 11) is 1.63. The van der Waals surface area contributed by atoms with Crippen molar-refractivity contribution in [2.45, 2.75) is 26.8 Å². The number of allylic oxidation sites excluding steroid dienone is 1. The van der Waals surface area contributed by atoms with Gasteiger partial charge in [0.1, 0.15) is 17.1 Å². The van der Waals surface area contributed by atoms with Crippen molar-refractivity contribution in [1.82, 2.24) is 5.32 Å². The van der Waals surface area contributed by atoms with Crippen LogP contribution in [-0.4, -0.2) is 13.0 Å². The van der Waals surface area contributed by atoms with E-state index < -0.39 is 0 Å². The second kappa shape index (κ2) is 9.15. The van der Waals surface area contributed by atoms with Crippen LogP contribution in [0.25, 0.3) is 16.5 Å². The Kier molecular flexibility index (Phi) is 6.13. The first-order valence-corrected chi connectivity index (χ1v) is 10.6. The van der Waals surface area contributed by atoms with Crippen molar-refractivity contribution in [2.24, 2.45) is 0 Å². The number of carbonyl (C=O) groups is 1. The van der Waals surface area contributed by atoms with Gasteiger partial charge in [-0.15, -0.1) is 0 Å². The maximum Gasteiger partial charge on any atom is 0.245 e. The summed E-state index contributed by atoms with van der Waals surface area (Å²) in [6.07, 6.45) is 1.63. The first-order valence-electron chi connectivity index (χ1n) is 10.6. The van der Waals surface area contributed by atoms with E-state index in [0.717, 1.165) is 44.6 Å². The Bertz CT molecular complexity index is 1230. The Labute approximate surface area is 188 Å². The third kappa shape index (κ3) is 4.30. The van der Waals surface area contributed by atoms with Crippen LogP contribution in [0.5, 0.6) is 5.75 Å². The van der Waals surface area contributed by atoms with E-state index in [4.69, 9.17) is 9.15 Å². The predicted molar refractivity (Wildman–Crippen MR) is 129 cm³/mol. The van der Waals surface area contributed by atoms with E-state index in [0.29, 0.717) is 5.75 Å². The van der Waals surface area contributed by atoms with E-state index in [9.17, 15) is 4.79 Å². The average Bonchev–Trinajstić information content (AvgIpc) is 3.10. The quantitative estimate of drug-likeness (QED) is 0.365. The monoisotopic (exact) mass is 425 g/mol. The molecule has 0 aliphatic heterocycles. The molecule has 0 saturated heterocycles. The van der Waals surface area contributed by atoms with Gasteiger partial charge in [0.05, 0.1) is 13.2 Å². The maximum atomic E-state index is 13.1. The molecule has 0 aliphatic carbocycles. The minimum atomic E-state index is -0.239. The van der Waals surface area contributed by atoms with Crippen LogP contribution in [0.3, 0.4) is 0 Å². The average molecular weight is 426 g/mol. The van der Waals surface area contributed by atoms with Crippen LogP contribution in [0.15, 0.2) is 83.3 Å². The molecule has 0 aliphatic rings. The van der Waals surface area contributed by atoms with Crippen molar-refractivity contribution < 1.29 is 13.9 Å². The van der Waals surface area contributed by atoms with E-state index in [-0.39, 0.29) is 11.9 Å². The molecule has 3 aromatic carbocycles. The Morgan fingerprint density at radius 1 is 0.969 bits per heavy atom. The second-order valence-electron chi connectivity index (χ2n) is 7.92. The van der Waals surface area contributed by atoms with Gasteiger partial charge in [-0.05, 0) is 49.1 Å². The summed E-state index contributed by atoms with van der Waals surface area (Å²) in [5.74, 6) is 1.39. The fourth-order valence-electron chi connectivity index (χ4n) is 3.96. The molecule has 162 valence electrons. The van der Waals surface area contributed by atoms with E-state index >= 15 is 0 Å². The molecule has 4 heteroatoms. The summed E-state index contributed by atoms with van der Waals surface area (Å²) in [6.45, 7) is 5.91. The Balaban J connectivity index is 1.67. The summed E-state index contributed by atoms with van der Waals surface area (Å²) in [5.41, 5.74) is 5.62. The zero-order chi connectivity index (χ0) is 22.7. The number of amides is 1. The molecule has 4 nitrogen and oxygen atoms in total. The molecule has 0 saturated carbocycles. The van der Waals surface area contributed by atoms with Crippen molar-refractivity contribution in [2.75, 3.05) is 7.11 Å². The highest BCUT2D eigenvalue weighted by Gasteiger charge is 2.17. The number of aryl methyl sites for hydroxylation is 2. The topological polar surface area (TPSA) is 51.5 Å². The van der Waals surface area contributed by atoms with E-state index in [1.165, 1.54) is 0 Å². The van der Waals surface area contributed by atoms with Gasteiger partial charge in [0.25, 0.3) is 0 Å². The molecule has 4 aromatic rings. The van der Waals surface area contributed by atoms with Crippen molar-refractivity contribution >= 4 is 22.4 Å². The predicted octanol–water partition coefficient (Wildman–Crippen LogP) is 6.37. The zero-order valence-corrected chi connectivity index (χ0v) is 18.8. The lowest BCUT2D eigenvalue weighted by Gasteiger charge is -2.19. The summed E-state index contributed by atoms with van der Waals surface area (Å²) in [4.78, 5) is 13.1. The summed E-state index contributed by atoms with van der Waals surface area (Å²) < 4.78 is 11.4. The van der Waals surface area contributed by atoms with Crippen molar-refractivity contribution in [3.63, 3.8) is 0 Å². The standard InChI is InChI=1S/C28H27NO3/c1-18(23-16-24-19(2)20(3)32-26(24)17-25(23)31-4)15-27(30)29-28(21-11-7-5-8-12-21)22-13-9-6-10-14-22/h5-17,28H,1-4H3,(H,29,30)/b18-15+. The number of carbonyl (C=O) groups excluding carboxylic acids is 1. The number of methoxy groups -OCH3 is 1. The second-order valence-corrected chi connectivity index (χ2v) is 7.92. The molecule has 0 spiro atoms. The molecule has 0 bridgehead atoms. The zero-order valence-electron chi connectivity index (χ0n) is 18.8. The van der Waals surface area contributed by atoms with Gasteiger partial charge >= 0.3 is 0 Å². The fraction of sp³-hybridized carbons (Fsp3) is 0.179. The highest BCUT2D eigenvalue weighted by Crippen LogP contribution is 2.34. The van der Waals surface area contributed by atoms with E-state index in [1.54, 1.807) is 13.2 Å². The van der Waals surface area contributed by atoms with Crippen LogP contribution in [-0.2, 0) is 4.79 Å². The maximum absolute atomic E-state index is 13.1. The van der Waals surface area contributed by atoms with Gasteiger partial charge in [-0.3, -0.25) is 4.79 Å². The number of hydrogen-bond donors (Lipinski definition) is 1. The lowest BCUT2D eigenvalue weighted by atomic mass is 9.98. The molecular formula is C28H27NO3. The highest BCUT2D eigenvalue weighted by molar-refractivity contribution is 5.97. The number of rotatable bonds is 6. The summed E-state index contributed by atoms with van der Waals surface area (Å²) >= 11 is 0. The van der Waals surface area contributed by atoms with Crippen molar-refractivity contribution in [3.8, 4) is 5.75 Å². The van der Waals surface area contributed by atoms with Crippen LogP contribution >= 0.6 is 0 Å². The third-order valence-corrected chi connectivity index (χ3v) is 5.82. The van der Waals surface area contributed by atoms with E-state index in [1.807, 2.05) is 93.6 Å². The molecule has 4 rings (SSSR count). The van der Waals surface area contributed by atoms with Crippen LogP contribution in [0.1, 0.15) is 41.0 Å². The van der Waals surface area contributed by atoms with Crippen LogP contribution in [0, 0.1) is 13.8 Å². The number of nitrogens with one attached hydrogen (secondary N) is 1. The molecule has 32 heavy (non-hydrogen) atoms. The fourth-order valence-corrected chi connectivity index (χ4v) is 3.96. The largest absolute Gasteiger partial charge is 0.496 e. The Morgan fingerprint density at radius 2 is 1.56 bits per heavy atom. The molecule has 0 atom stereocenters. The van der Waals surface area contributed by atoms with Gasteiger partial charge in [-0.2, -0.15) is 0 Å². The minimum absolute atomic E-state index is 0.164. The number of ether oxygens (including phenoxy) is 1. The van der Waals surface area contributed by atoms with E-state index in [2.05, 4.69) is 5.32 Å². The van der Waals surface area contributed by atoms with Gasteiger partial charge < -0.3 is 14.5 Å². The molecule has 1 heterocycles. The SMILES string of the molecule is COc1cc2oc(C)c(C)c2cc1/C(C)=C/C(=O)NC(c1ccccc1)c1ccccc1. The Morgan fingerprint density at radius 3 is 2.12 bits per heavy atom. The van der Waals surface area contributed by atoms with Crippen molar-refractivity contribution in [1.29, 1.82) is 0 Å². The number of benzene rings is 3. The first-order chi connectivity index (χ1) is 15.5.